The summed E-state index contributed by atoms with van der Waals surface area (Å²) < 4.78 is 0. The molecule has 6 nitrogen and oxygen atoms in total. The van der Waals surface area contributed by atoms with Crippen molar-refractivity contribution < 1.29 is 14.4 Å². The highest BCUT2D eigenvalue weighted by molar-refractivity contribution is 5.94. The molecule has 0 aromatic rings. The standard InChI is InChI=1S/C16H31N3O3/c1-11(2)15(22)19(7)12(10-13(20)16(3,4)5)14(21)18-9-8-17-6/h11-12,17H,8-10H2,1-7H3,(H,18,21). The number of carbonyl (C=O) groups excluding carboxylic acids is 3. The minimum absolute atomic E-state index is 0.0316. The van der Waals surface area contributed by atoms with E-state index in [-0.39, 0.29) is 29.9 Å². The number of amides is 2. The molecule has 0 saturated carbocycles. The summed E-state index contributed by atoms with van der Waals surface area (Å²) in [5.74, 6) is -0.688. The Kier molecular flexibility index (Phi) is 8.30. The monoisotopic (exact) mass is 313 g/mol. The Bertz CT molecular complexity index is 400. The van der Waals surface area contributed by atoms with Crippen molar-refractivity contribution >= 4 is 17.6 Å². The molecule has 0 spiro atoms. The summed E-state index contributed by atoms with van der Waals surface area (Å²) in [4.78, 5) is 38.2. The molecular weight excluding hydrogens is 282 g/mol. The first-order chi connectivity index (χ1) is 10.0. The lowest BCUT2D eigenvalue weighted by molar-refractivity contribution is -0.143. The molecule has 0 aromatic carbocycles. The number of nitrogens with one attached hydrogen (secondary N) is 2. The Labute approximate surface area is 134 Å². The lowest BCUT2D eigenvalue weighted by Gasteiger charge is -2.30. The molecule has 0 fully saturated rings. The second kappa shape index (κ2) is 8.88. The number of carbonyl (C=O) groups is 3. The molecule has 2 N–H and O–H groups in total. The molecule has 0 saturated heterocycles. The first-order valence-electron chi connectivity index (χ1n) is 7.74. The Morgan fingerprint density at radius 3 is 2.05 bits per heavy atom. The van der Waals surface area contributed by atoms with Crippen molar-refractivity contribution in [3.63, 3.8) is 0 Å². The van der Waals surface area contributed by atoms with E-state index < -0.39 is 11.5 Å². The molecule has 0 aromatic heterocycles. The van der Waals surface area contributed by atoms with Crippen molar-refractivity contribution in [2.24, 2.45) is 11.3 Å². The minimum Gasteiger partial charge on any atom is -0.353 e. The normalized spacial score (nSPS) is 12.9. The SMILES string of the molecule is CNCCNC(=O)C(CC(=O)C(C)(C)C)N(C)C(=O)C(C)C. The summed E-state index contributed by atoms with van der Waals surface area (Å²) in [5.41, 5.74) is -0.536. The van der Waals surface area contributed by atoms with Crippen LogP contribution in [0.3, 0.4) is 0 Å². The first kappa shape index (κ1) is 20.6. The summed E-state index contributed by atoms with van der Waals surface area (Å²) in [6.07, 6.45) is 0.0316. The van der Waals surface area contributed by atoms with E-state index in [9.17, 15) is 14.4 Å². The Hall–Kier alpha value is -1.43. The van der Waals surface area contributed by atoms with Gasteiger partial charge in [-0.1, -0.05) is 34.6 Å². The lowest BCUT2D eigenvalue weighted by atomic mass is 9.86. The third kappa shape index (κ3) is 6.56. The topological polar surface area (TPSA) is 78.5 Å². The van der Waals surface area contributed by atoms with Crippen molar-refractivity contribution in [3.05, 3.63) is 0 Å². The quantitative estimate of drug-likeness (QED) is 0.650. The van der Waals surface area contributed by atoms with Gasteiger partial charge in [0.2, 0.25) is 11.8 Å². The molecule has 1 unspecified atom stereocenters. The molecule has 0 aliphatic heterocycles. The number of likely N-dealkylation sites (N-methyl/N-ethyl adjacent to an activating group) is 2. The second-order valence-corrected chi connectivity index (χ2v) is 6.89. The predicted molar refractivity (Wildman–Crippen MR) is 87.4 cm³/mol. The van der Waals surface area contributed by atoms with Crippen molar-refractivity contribution in [2.45, 2.75) is 47.1 Å². The number of ketones is 1. The highest BCUT2D eigenvalue weighted by Crippen LogP contribution is 2.20. The number of rotatable bonds is 8. The molecule has 0 bridgehead atoms. The molecule has 0 aliphatic rings. The van der Waals surface area contributed by atoms with E-state index >= 15 is 0 Å². The third-order valence-corrected chi connectivity index (χ3v) is 3.50. The zero-order chi connectivity index (χ0) is 17.5. The molecule has 1 atom stereocenters. The van der Waals surface area contributed by atoms with Gasteiger partial charge in [-0.3, -0.25) is 14.4 Å². The average Bonchev–Trinajstić information content (AvgIpc) is 2.41. The van der Waals surface area contributed by atoms with Gasteiger partial charge >= 0.3 is 0 Å². The summed E-state index contributed by atoms with van der Waals surface area (Å²) in [7, 11) is 3.38. The average molecular weight is 313 g/mol. The highest BCUT2D eigenvalue weighted by Gasteiger charge is 2.33. The van der Waals surface area contributed by atoms with Gasteiger partial charge in [-0.15, -0.1) is 0 Å². The van der Waals surface area contributed by atoms with E-state index in [4.69, 9.17) is 0 Å². The van der Waals surface area contributed by atoms with Crippen LogP contribution >= 0.6 is 0 Å². The molecule has 22 heavy (non-hydrogen) atoms. The molecule has 0 aliphatic carbocycles. The maximum absolute atomic E-state index is 12.4. The fraction of sp³-hybridized carbons (Fsp3) is 0.812. The fourth-order valence-corrected chi connectivity index (χ4v) is 1.88. The van der Waals surface area contributed by atoms with Gasteiger partial charge in [0, 0.05) is 37.9 Å². The molecule has 0 radical (unpaired) electrons. The maximum atomic E-state index is 12.4. The van der Waals surface area contributed by atoms with Crippen LogP contribution in [0, 0.1) is 11.3 Å². The van der Waals surface area contributed by atoms with Crippen LogP contribution in [0.25, 0.3) is 0 Å². The maximum Gasteiger partial charge on any atom is 0.243 e. The van der Waals surface area contributed by atoms with E-state index in [2.05, 4.69) is 10.6 Å². The zero-order valence-corrected chi connectivity index (χ0v) is 14.9. The van der Waals surface area contributed by atoms with Crippen LogP contribution in [-0.2, 0) is 14.4 Å². The van der Waals surface area contributed by atoms with E-state index in [1.165, 1.54) is 4.90 Å². The van der Waals surface area contributed by atoms with Crippen LogP contribution in [0.5, 0.6) is 0 Å². The second-order valence-electron chi connectivity index (χ2n) is 6.89. The Morgan fingerprint density at radius 2 is 1.64 bits per heavy atom. The minimum atomic E-state index is -0.765. The molecule has 2 amide bonds. The zero-order valence-electron chi connectivity index (χ0n) is 14.9. The molecule has 6 heteroatoms. The van der Waals surface area contributed by atoms with Crippen LogP contribution in [0.2, 0.25) is 0 Å². The number of hydrogen-bond acceptors (Lipinski definition) is 4. The van der Waals surface area contributed by atoms with Gasteiger partial charge < -0.3 is 15.5 Å². The molecule has 0 rings (SSSR count). The summed E-state index contributed by atoms with van der Waals surface area (Å²) in [5, 5.41) is 5.70. The van der Waals surface area contributed by atoms with Crippen molar-refractivity contribution in [1.29, 1.82) is 0 Å². The van der Waals surface area contributed by atoms with Gasteiger partial charge in [0.05, 0.1) is 0 Å². The molecule has 128 valence electrons. The van der Waals surface area contributed by atoms with Crippen LogP contribution in [0.15, 0.2) is 0 Å². The van der Waals surface area contributed by atoms with Crippen molar-refractivity contribution in [2.75, 3.05) is 27.2 Å². The fourth-order valence-electron chi connectivity index (χ4n) is 1.88. The number of Topliss-reactive ketones (excluding diaryl/α,β-unsaturated/α-hetero) is 1. The Balaban J connectivity index is 5.10. The number of nitrogens with zero attached hydrogens (tertiary/aromatic N) is 1. The van der Waals surface area contributed by atoms with Crippen LogP contribution in [-0.4, -0.2) is 55.7 Å². The Morgan fingerprint density at radius 1 is 1.09 bits per heavy atom. The largest absolute Gasteiger partial charge is 0.353 e. The van der Waals surface area contributed by atoms with E-state index in [1.807, 2.05) is 20.8 Å². The van der Waals surface area contributed by atoms with Crippen LogP contribution in [0.1, 0.15) is 41.0 Å². The predicted octanol–water partition coefficient (Wildman–Crippen LogP) is 0.810. The lowest BCUT2D eigenvalue weighted by Crippen LogP contribution is -2.51. The molecular formula is C16H31N3O3. The summed E-state index contributed by atoms with van der Waals surface area (Å²) >= 11 is 0. The van der Waals surface area contributed by atoms with E-state index in [0.29, 0.717) is 13.1 Å². The van der Waals surface area contributed by atoms with Gasteiger partial charge in [0.25, 0.3) is 0 Å². The smallest absolute Gasteiger partial charge is 0.243 e. The highest BCUT2D eigenvalue weighted by atomic mass is 16.2. The van der Waals surface area contributed by atoms with Gasteiger partial charge in [-0.25, -0.2) is 0 Å². The number of hydrogen-bond donors (Lipinski definition) is 2. The van der Waals surface area contributed by atoms with Gasteiger partial charge in [-0.2, -0.15) is 0 Å². The van der Waals surface area contributed by atoms with Crippen LogP contribution in [0.4, 0.5) is 0 Å². The first-order valence-corrected chi connectivity index (χ1v) is 7.74. The van der Waals surface area contributed by atoms with Gasteiger partial charge in [-0.05, 0) is 7.05 Å². The van der Waals surface area contributed by atoms with Crippen molar-refractivity contribution in [3.8, 4) is 0 Å². The van der Waals surface area contributed by atoms with Gasteiger partial charge in [0.15, 0.2) is 0 Å². The van der Waals surface area contributed by atoms with E-state index in [0.717, 1.165) is 0 Å². The molecule has 0 heterocycles. The van der Waals surface area contributed by atoms with Crippen LogP contribution < -0.4 is 10.6 Å². The van der Waals surface area contributed by atoms with Crippen molar-refractivity contribution in [1.82, 2.24) is 15.5 Å². The summed E-state index contributed by atoms with van der Waals surface area (Å²) in [6.45, 7) is 10.1. The summed E-state index contributed by atoms with van der Waals surface area (Å²) in [6, 6.07) is -0.765. The third-order valence-electron chi connectivity index (χ3n) is 3.50. The van der Waals surface area contributed by atoms with Gasteiger partial charge in [0.1, 0.15) is 11.8 Å². The van der Waals surface area contributed by atoms with E-state index in [1.54, 1.807) is 27.9 Å².